The topological polar surface area (TPSA) is 120 Å². The number of hydrogen-bond acceptors (Lipinski definition) is 7. The number of nitrogens with zero attached hydrogens (tertiary/aromatic N) is 1. The molecule has 4 atom stereocenters. The minimum absolute atomic E-state index is 0.0448. The number of carbonyl (C=O) groups is 1. The summed E-state index contributed by atoms with van der Waals surface area (Å²) in [5, 5.41) is 38.6. The standard InChI is InChI=1S/C41H55N3O6/c1-2-36(42-26-39(47)32-15-18-38(46)37(25-32)43-29-45)30-13-16-35(17-14-30)49-24-8-21-44-22-19-31(20-23-44)40(27-44)50-28-41(48,34-11-6-7-12-34)33-9-4-3-5-10-33/h3-5,9-10,13-18,25,29,31,34,36,39-40,42,47-48H,2,6-8,11-12,19-24,26-28H2,1H3,(H-,43,45,46)/p+1/t31?,36-,39-,40-,41+,44?/m0/s1. The highest BCUT2D eigenvalue weighted by Gasteiger charge is 2.48. The number of fused-ring (bicyclic) bond motifs is 3. The first kappa shape index (κ1) is 36.3. The lowest BCUT2D eigenvalue weighted by atomic mass is 9.80. The summed E-state index contributed by atoms with van der Waals surface area (Å²) in [6.45, 7) is 7.99. The average molecular weight is 687 g/mol. The van der Waals surface area contributed by atoms with E-state index in [0.29, 0.717) is 37.6 Å². The number of hydrogen-bond donors (Lipinski definition) is 5. The van der Waals surface area contributed by atoms with E-state index in [-0.39, 0.29) is 29.5 Å². The molecule has 0 radical (unpaired) electrons. The first-order chi connectivity index (χ1) is 24.3. The van der Waals surface area contributed by atoms with Gasteiger partial charge in [-0.05, 0) is 66.1 Å². The van der Waals surface area contributed by atoms with Crippen LogP contribution >= 0.6 is 0 Å². The molecule has 1 amide bonds. The second-order valence-electron chi connectivity index (χ2n) is 14.8. The van der Waals surface area contributed by atoms with Gasteiger partial charge in [0.05, 0.1) is 44.6 Å². The average Bonchev–Trinajstić information content (AvgIpc) is 3.71. The van der Waals surface area contributed by atoms with Gasteiger partial charge in [-0.25, -0.2) is 0 Å². The van der Waals surface area contributed by atoms with Crippen LogP contribution in [0.15, 0.2) is 72.8 Å². The zero-order chi connectivity index (χ0) is 35.0. The normalized spacial score (nSPS) is 24.4. The molecule has 7 rings (SSSR count). The molecule has 9 nitrogen and oxygen atoms in total. The van der Waals surface area contributed by atoms with Gasteiger partial charge in [-0.2, -0.15) is 0 Å². The Morgan fingerprint density at radius 1 is 0.980 bits per heavy atom. The van der Waals surface area contributed by atoms with Crippen LogP contribution in [0, 0.1) is 11.8 Å². The summed E-state index contributed by atoms with van der Waals surface area (Å²) in [7, 11) is 0. The van der Waals surface area contributed by atoms with E-state index in [9.17, 15) is 20.1 Å². The van der Waals surface area contributed by atoms with Crippen LogP contribution < -0.4 is 15.4 Å². The number of nitrogens with one attached hydrogen (secondary N) is 2. The van der Waals surface area contributed by atoms with Crippen molar-refractivity contribution >= 4 is 12.1 Å². The molecule has 1 aliphatic carbocycles. The monoisotopic (exact) mass is 686 g/mol. The number of aliphatic hydroxyl groups excluding tert-OH is 1. The number of phenolic OH excluding ortho intramolecular Hbond substituents is 1. The van der Waals surface area contributed by atoms with Crippen molar-refractivity contribution in [3.8, 4) is 11.5 Å². The largest absolute Gasteiger partial charge is 0.506 e. The molecule has 3 aromatic rings. The molecule has 5 N–H and O–H groups in total. The van der Waals surface area contributed by atoms with Crippen LogP contribution in [0.4, 0.5) is 5.69 Å². The predicted octanol–water partition coefficient (Wildman–Crippen LogP) is 6.21. The summed E-state index contributed by atoms with van der Waals surface area (Å²) in [5.74, 6) is 1.66. The number of ether oxygens (including phenoxy) is 2. The first-order valence-electron chi connectivity index (χ1n) is 18.7. The zero-order valence-corrected chi connectivity index (χ0v) is 29.5. The third kappa shape index (κ3) is 8.52. The van der Waals surface area contributed by atoms with Gasteiger partial charge in [-0.15, -0.1) is 0 Å². The zero-order valence-electron chi connectivity index (χ0n) is 29.5. The Labute approximate surface area is 297 Å². The molecular formula is C41H56N3O6+. The highest BCUT2D eigenvalue weighted by Crippen LogP contribution is 2.43. The highest BCUT2D eigenvalue weighted by molar-refractivity contribution is 5.75. The number of rotatable bonds is 18. The molecule has 0 spiro atoms. The molecule has 50 heavy (non-hydrogen) atoms. The Morgan fingerprint density at radius 2 is 1.70 bits per heavy atom. The van der Waals surface area contributed by atoms with Gasteiger partial charge in [0, 0.05) is 37.8 Å². The van der Waals surface area contributed by atoms with Crippen molar-refractivity contribution in [2.75, 3.05) is 51.3 Å². The van der Waals surface area contributed by atoms with Crippen molar-refractivity contribution in [3.63, 3.8) is 0 Å². The van der Waals surface area contributed by atoms with Crippen molar-refractivity contribution in [2.24, 2.45) is 11.8 Å². The van der Waals surface area contributed by atoms with Crippen LogP contribution in [-0.2, 0) is 15.1 Å². The van der Waals surface area contributed by atoms with Crippen LogP contribution in [-0.4, -0.2) is 78.3 Å². The van der Waals surface area contributed by atoms with Crippen molar-refractivity contribution in [1.29, 1.82) is 0 Å². The predicted molar refractivity (Wildman–Crippen MR) is 195 cm³/mol. The molecule has 0 unspecified atom stereocenters. The molecule has 3 heterocycles. The Bertz CT molecular complexity index is 1510. The van der Waals surface area contributed by atoms with Gasteiger partial charge in [-0.1, -0.05) is 68.3 Å². The number of amides is 1. The third-order valence-corrected chi connectivity index (χ3v) is 11.8. The quantitative estimate of drug-likeness (QED) is 0.0468. The van der Waals surface area contributed by atoms with Gasteiger partial charge in [-0.3, -0.25) is 4.79 Å². The van der Waals surface area contributed by atoms with E-state index in [1.54, 1.807) is 12.1 Å². The summed E-state index contributed by atoms with van der Waals surface area (Å²) in [4.78, 5) is 10.8. The molecule has 0 aromatic heterocycles. The molecule has 1 saturated carbocycles. The smallest absolute Gasteiger partial charge is 0.211 e. The van der Waals surface area contributed by atoms with Crippen LogP contribution in [0.1, 0.15) is 87.1 Å². The van der Waals surface area contributed by atoms with Gasteiger partial charge in [0.1, 0.15) is 29.7 Å². The molecule has 2 bridgehead atoms. The Balaban J connectivity index is 0.963. The lowest BCUT2D eigenvalue weighted by Gasteiger charge is -2.53. The van der Waals surface area contributed by atoms with E-state index < -0.39 is 11.7 Å². The minimum atomic E-state index is -0.916. The first-order valence-corrected chi connectivity index (χ1v) is 18.7. The molecule has 3 aliphatic heterocycles. The molecule has 9 heteroatoms. The number of aromatic hydroxyl groups is 1. The third-order valence-electron chi connectivity index (χ3n) is 11.8. The van der Waals surface area contributed by atoms with Crippen molar-refractivity contribution in [3.05, 3.63) is 89.5 Å². The number of piperidine rings is 3. The van der Waals surface area contributed by atoms with Crippen LogP contribution in [0.25, 0.3) is 0 Å². The maximum Gasteiger partial charge on any atom is 0.211 e. The second kappa shape index (κ2) is 16.7. The molecular weight excluding hydrogens is 630 g/mol. The minimum Gasteiger partial charge on any atom is -0.506 e. The molecule has 270 valence electrons. The number of carbonyl (C=O) groups excluding carboxylic acids is 1. The number of aliphatic hydroxyl groups is 2. The van der Waals surface area contributed by atoms with Crippen molar-refractivity contribution in [1.82, 2.24) is 5.32 Å². The number of anilines is 1. The SMILES string of the molecule is CC[C@H](NC[C@H](O)c1ccc(O)c(NC=O)c1)c1ccc(OCCC[N+]23CCC(CC2)[C@@H](OC[C@@](O)(c2ccccc2)C2CCCC2)C3)cc1. The van der Waals surface area contributed by atoms with Gasteiger partial charge in [0.25, 0.3) is 0 Å². The Kier molecular flexibility index (Phi) is 12.1. The fourth-order valence-electron chi connectivity index (χ4n) is 8.72. The van der Waals surface area contributed by atoms with Gasteiger partial charge >= 0.3 is 0 Å². The molecule has 4 aliphatic rings. The summed E-state index contributed by atoms with van der Waals surface area (Å²) in [5.41, 5.74) is 2.08. The number of phenols is 1. The van der Waals surface area contributed by atoms with Crippen molar-refractivity contribution < 1.29 is 34.1 Å². The van der Waals surface area contributed by atoms with E-state index in [0.717, 1.165) is 60.1 Å². The Hall–Kier alpha value is -3.47. The van der Waals surface area contributed by atoms with E-state index in [2.05, 4.69) is 41.8 Å². The lowest BCUT2D eigenvalue weighted by molar-refractivity contribution is -0.946. The fraction of sp³-hybridized carbons (Fsp3) is 0.537. The van der Waals surface area contributed by atoms with Crippen molar-refractivity contribution in [2.45, 2.75) is 82.1 Å². The lowest BCUT2D eigenvalue weighted by Crippen LogP contribution is -2.65. The molecule has 3 aromatic carbocycles. The fourth-order valence-corrected chi connectivity index (χ4v) is 8.72. The summed E-state index contributed by atoms with van der Waals surface area (Å²) in [6.07, 6.45) is 8.62. The summed E-state index contributed by atoms with van der Waals surface area (Å²) in [6, 6.07) is 23.2. The molecule has 3 saturated heterocycles. The highest BCUT2D eigenvalue weighted by atomic mass is 16.5. The number of benzene rings is 3. The maximum absolute atomic E-state index is 12.0. The maximum atomic E-state index is 12.0. The Morgan fingerprint density at radius 3 is 2.40 bits per heavy atom. The van der Waals surface area contributed by atoms with E-state index in [4.69, 9.17) is 9.47 Å². The van der Waals surface area contributed by atoms with Gasteiger partial charge in [0.2, 0.25) is 6.41 Å². The second-order valence-corrected chi connectivity index (χ2v) is 14.8. The van der Waals surface area contributed by atoms with Crippen LogP contribution in [0.3, 0.4) is 0 Å². The van der Waals surface area contributed by atoms with Crippen LogP contribution in [0.5, 0.6) is 11.5 Å². The van der Waals surface area contributed by atoms with E-state index in [1.165, 1.54) is 44.8 Å². The molecule has 4 fully saturated rings. The number of quaternary nitrogens is 1. The summed E-state index contributed by atoms with van der Waals surface area (Å²) < 4.78 is 14.0. The van der Waals surface area contributed by atoms with Gasteiger partial charge < -0.3 is 39.9 Å². The van der Waals surface area contributed by atoms with Crippen LogP contribution in [0.2, 0.25) is 0 Å². The van der Waals surface area contributed by atoms with E-state index >= 15 is 0 Å². The van der Waals surface area contributed by atoms with E-state index in [1.807, 2.05) is 30.3 Å². The summed E-state index contributed by atoms with van der Waals surface area (Å²) >= 11 is 0. The van der Waals surface area contributed by atoms with Gasteiger partial charge in [0.15, 0.2) is 0 Å².